The second-order valence-corrected chi connectivity index (χ2v) is 7.34. The van der Waals surface area contributed by atoms with E-state index >= 15 is 0 Å². The molecule has 142 valence electrons. The largest absolute Gasteiger partial charge is 0.395 e. The second kappa shape index (κ2) is 7.52. The molecule has 1 amide bonds. The van der Waals surface area contributed by atoms with Crippen molar-refractivity contribution in [2.75, 3.05) is 19.7 Å². The average Bonchev–Trinajstić information content (AvgIpc) is 3.28. The summed E-state index contributed by atoms with van der Waals surface area (Å²) in [5.74, 6) is 0.631. The molecule has 3 aromatic rings. The summed E-state index contributed by atoms with van der Waals surface area (Å²) in [6, 6.07) is 5.63. The van der Waals surface area contributed by atoms with Gasteiger partial charge in [0.05, 0.1) is 30.2 Å². The molecule has 1 aliphatic heterocycles. The number of aliphatic hydroxyl groups is 1. The molecule has 7 nitrogen and oxygen atoms in total. The molecule has 27 heavy (non-hydrogen) atoms. The van der Waals surface area contributed by atoms with Gasteiger partial charge in [-0.2, -0.15) is 5.10 Å². The lowest BCUT2D eigenvalue weighted by Gasteiger charge is -2.32. The third kappa shape index (κ3) is 3.73. The number of aliphatic hydroxyl groups excluding tert-OH is 1. The number of likely N-dealkylation sites (tertiary alicyclic amines) is 1. The first-order valence-corrected chi connectivity index (χ1v) is 9.48. The van der Waals surface area contributed by atoms with Crippen LogP contribution < -0.4 is 0 Å². The van der Waals surface area contributed by atoms with Crippen molar-refractivity contribution in [3.05, 3.63) is 48.0 Å². The van der Waals surface area contributed by atoms with Crippen molar-refractivity contribution < 1.29 is 9.90 Å². The summed E-state index contributed by atoms with van der Waals surface area (Å²) in [5, 5.41) is 13.5. The van der Waals surface area contributed by atoms with E-state index < -0.39 is 0 Å². The Bertz CT molecular complexity index is 937. The van der Waals surface area contributed by atoms with Gasteiger partial charge in [-0.25, -0.2) is 4.98 Å². The Labute approximate surface area is 158 Å². The van der Waals surface area contributed by atoms with E-state index in [1.54, 1.807) is 6.33 Å². The number of amides is 1. The van der Waals surface area contributed by atoms with Gasteiger partial charge in [-0.1, -0.05) is 0 Å². The normalized spacial score (nSPS) is 15.6. The second-order valence-electron chi connectivity index (χ2n) is 7.34. The Kier molecular flexibility index (Phi) is 4.94. The van der Waals surface area contributed by atoms with E-state index in [1.165, 1.54) is 5.56 Å². The third-order valence-electron chi connectivity index (χ3n) is 5.32. The third-order valence-corrected chi connectivity index (χ3v) is 5.32. The summed E-state index contributed by atoms with van der Waals surface area (Å²) in [4.78, 5) is 19.2. The quantitative estimate of drug-likeness (QED) is 0.749. The number of rotatable bonds is 5. The summed E-state index contributed by atoms with van der Waals surface area (Å²) in [6.45, 7) is 5.10. The number of carbonyl (C=O) groups is 1. The number of hydrogen-bond acceptors (Lipinski definition) is 4. The topological polar surface area (TPSA) is 76.2 Å². The average molecular weight is 367 g/mol. The number of carbonyl (C=O) groups excluding carboxylic acids is 1. The molecular formula is C20H25N5O2. The van der Waals surface area contributed by atoms with Crippen LogP contribution in [0.5, 0.6) is 0 Å². The van der Waals surface area contributed by atoms with Crippen LogP contribution in [0, 0.1) is 12.8 Å². The molecule has 4 rings (SSSR count). The molecular weight excluding hydrogens is 342 g/mol. The molecule has 1 saturated heterocycles. The number of nitrogens with zero attached hydrogens (tertiary/aromatic N) is 5. The minimum absolute atomic E-state index is 0.0686. The van der Waals surface area contributed by atoms with E-state index in [1.807, 2.05) is 38.5 Å². The van der Waals surface area contributed by atoms with E-state index in [-0.39, 0.29) is 12.5 Å². The molecule has 1 aliphatic rings. The Balaban J connectivity index is 1.39. The van der Waals surface area contributed by atoms with E-state index in [4.69, 9.17) is 5.11 Å². The fraction of sp³-hybridized carbons (Fsp3) is 0.450. The number of hydrogen-bond donors (Lipinski definition) is 1. The van der Waals surface area contributed by atoms with Crippen molar-refractivity contribution >= 4 is 16.9 Å². The summed E-state index contributed by atoms with van der Waals surface area (Å²) in [5.41, 5.74) is 3.59. The highest BCUT2D eigenvalue weighted by molar-refractivity contribution is 5.97. The molecule has 0 saturated carbocycles. The highest BCUT2D eigenvalue weighted by atomic mass is 16.3. The van der Waals surface area contributed by atoms with Crippen LogP contribution in [-0.4, -0.2) is 54.9 Å². The molecule has 0 spiro atoms. The minimum atomic E-state index is 0.0686. The first-order chi connectivity index (χ1) is 13.1. The highest BCUT2D eigenvalue weighted by Crippen LogP contribution is 2.22. The zero-order valence-corrected chi connectivity index (χ0v) is 15.6. The van der Waals surface area contributed by atoms with Gasteiger partial charge in [-0.3, -0.25) is 9.48 Å². The van der Waals surface area contributed by atoms with Crippen molar-refractivity contribution in [1.29, 1.82) is 0 Å². The lowest BCUT2D eigenvalue weighted by Crippen LogP contribution is -2.39. The Morgan fingerprint density at radius 1 is 1.30 bits per heavy atom. The van der Waals surface area contributed by atoms with Crippen molar-refractivity contribution in [2.45, 2.75) is 32.9 Å². The fourth-order valence-corrected chi connectivity index (χ4v) is 3.82. The molecule has 0 radical (unpaired) electrons. The summed E-state index contributed by atoms with van der Waals surface area (Å²) < 4.78 is 3.90. The lowest BCUT2D eigenvalue weighted by atomic mass is 9.96. The van der Waals surface area contributed by atoms with Gasteiger partial charge >= 0.3 is 0 Å². The fourth-order valence-electron chi connectivity index (χ4n) is 3.82. The van der Waals surface area contributed by atoms with Crippen molar-refractivity contribution in [1.82, 2.24) is 24.2 Å². The molecule has 0 atom stereocenters. The SMILES string of the molecule is Cc1cnn(CC2CCN(C(=O)c3ccc4c(c3)ncn4CCO)CC2)c1. The number of imidazole rings is 1. The highest BCUT2D eigenvalue weighted by Gasteiger charge is 2.24. The van der Waals surface area contributed by atoms with Gasteiger partial charge in [0.15, 0.2) is 0 Å². The van der Waals surface area contributed by atoms with Crippen LogP contribution in [0.1, 0.15) is 28.8 Å². The molecule has 7 heteroatoms. The van der Waals surface area contributed by atoms with Crippen LogP contribution in [0.2, 0.25) is 0 Å². The van der Waals surface area contributed by atoms with Crippen LogP contribution >= 0.6 is 0 Å². The van der Waals surface area contributed by atoms with Crippen LogP contribution in [0.3, 0.4) is 0 Å². The maximum Gasteiger partial charge on any atom is 0.253 e. The Morgan fingerprint density at radius 2 is 2.11 bits per heavy atom. The smallest absolute Gasteiger partial charge is 0.253 e. The Hall–Kier alpha value is -2.67. The minimum Gasteiger partial charge on any atom is -0.395 e. The number of aromatic nitrogens is 4. The van der Waals surface area contributed by atoms with Crippen molar-refractivity contribution in [2.24, 2.45) is 5.92 Å². The van der Waals surface area contributed by atoms with Crippen LogP contribution in [0.15, 0.2) is 36.9 Å². The van der Waals surface area contributed by atoms with Crippen molar-refractivity contribution in [3.8, 4) is 0 Å². The molecule has 0 aliphatic carbocycles. The number of fused-ring (bicyclic) bond motifs is 1. The van der Waals surface area contributed by atoms with Crippen LogP contribution in [-0.2, 0) is 13.1 Å². The molecule has 3 heterocycles. The standard InChI is InChI=1S/C20H25N5O2/c1-15-11-22-25(12-15)13-16-4-6-23(7-5-16)20(27)17-2-3-19-18(10-17)21-14-24(19)8-9-26/h2-3,10-12,14,16,26H,4-9,13H2,1H3. The van der Waals surface area contributed by atoms with Gasteiger partial charge in [0, 0.05) is 37.9 Å². The van der Waals surface area contributed by atoms with Gasteiger partial charge < -0.3 is 14.6 Å². The zero-order chi connectivity index (χ0) is 18.8. The van der Waals surface area contributed by atoms with Crippen LogP contribution in [0.25, 0.3) is 11.0 Å². The number of benzene rings is 1. The Morgan fingerprint density at radius 3 is 2.81 bits per heavy atom. The van der Waals surface area contributed by atoms with Gasteiger partial charge in [0.2, 0.25) is 0 Å². The van der Waals surface area contributed by atoms with E-state index in [9.17, 15) is 4.79 Å². The molecule has 0 unspecified atom stereocenters. The summed E-state index contributed by atoms with van der Waals surface area (Å²) >= 11 is 0. The molecule has 1 N–H and O–H groups in total. The summed E-state index contributed by atoms with van der Waals surface area (Å²) in [6.07, 6.45) is 7.66. The first kappa shape index (κ1) is 17.7. The van der Waals surface area contributed by atoms with Crippen LogP contribution in [0.4, 0.5) is 0 Å². The maximum absolute atomic E-state index is 12.9. The number of piperidine rings is 1. The maximum atomic E-state index is 12.9. The molecule has 2 aromatic heterocycles. The van der Waals surface area contributed by atoms with Gasteiger partial charge in [0.1, 0.15) is 0 Å². The predicted octanol–water partition coefficient (Wildman–Crippen LogP) is 2.09. The lowest BCUT2D eigenvalue weighted by molar-refractivity contribution is 0.0681. The number of aryl methyl sites for hydroxylation is 1. The van der Waals surface area contributed by atoms with Crippen molar-refractivity contribution in [3.63, 3.8) is 0 Å². The summed E-state index contributed by atoms with van der Waals surface area (Å²) in [7, 11) is 0. The van der Waals surface area contributed by atoms with E-state index in [0.717, 1.165) is 43.5 Å². The van der Waals surface area contributed by atoms with Gasteiger partial charge in [0.25, 0.3) is 5.91 Å². The van der Waals surface area contributed by atoms with E-state index in [2.05, 4.69) is 23.2 Å². The van der Waals surface area contributed by atoms with Gasteiger partial charge in [-0.05, 0) is 49.4 Å². The first-order valence-electron chi connectivity index (χ1n) is 9.48. The molecule has 0 bridgehead atoms. The molecule has 1 fully saturated rings. The monoisotopic (exact) mass is 367 g/mol. The molecule has 1 aromatic carbocycles. The predicted molar refractivity (Wildman–Crippen MR) is 102 cm³/mol. The van der Waals surface area contributed by atoms with E-state index in [0.29, 0.717) is 18.0 Å². The zero-order valence-electron chi connectivity index (χ0n) is 15.6. The van der Waals surface area contributed by atoms with Gasteiger partial charge in [-0.15, -0.1) is 0 Å².